The number of Topliss-reactive ketones (excluding diaryl/α,β-unsaturated/α-hetero) is 1. The summed E-state index contributed by atoms with van der Waals surface area (Å²) in [6.07, 6.45) is 0.993. The first-order valence-electron chi connectivity index (χ1n) is 6.47. The first kappa shape index (κ1) is 15.1. The Morgan fingerprint density at radius 2 is 1.94 bits per heavy atom. The number of ether oxygens (including phenoxy) is 1. The molecule has 0 aromatic heterocycles. The zero-order valence-electron chi connectivity index (χ0n) is 11.4. The lowest BCUT2D eigenvalue weighted by molar-refractivity contribution is 0.102. The molecule has 0 aliphatic carbocycles. The smallest absolute Gasteiger partial charge is 0.172 e. The number of carbonyl (C=O) groups is 1. The molecule has 0 heterocycles. The maximum absolute atomic E-state index is 11.9. The van der Waals surface area contributed by atoms with E-state index in [9.17, 15) is 4.79 Å². The third-order valence-electron chi connectivity index (χ3n) is 2.33. The molecule has 0 bridgehead atoms. The molecule has 3 heteroatoms. The van der Waals surface area contributed by atoms with Crippen molar-refractivity contribution in [2.24, 2.45) is 5.92 Å². The molecule has 0 aliphatic rings. The summed E-state index contributed by atoms with van der Waals surface area (Å²) in [5, 5.41) is 0. The monoisotopic (exact) mass is 266 g/mol. The van der Waals surface area contributed by atoms with Crippen LogP contribution in [0.25, 0.3) is 0 Å². The highest BCUT2D eigenvalue weighted by atomic mass is 32.2. The second-order valence-corrected chi connectivity index (χ2v) is 5.74. The van der Waals surface area contributed by atoms with Crippen molar-refractivity contribution in [3.8, 4) is 5.75 Å². The maximum atomic E-state index is 11.9. The molecule has 0 radical (unpaired) electrons. The van der Waals surface area contributed by atoms with Crippen LogP contribution in [0.1, 0.15) is 37.6 Å². The Labute approximate surface area is 114 Å². The van der Waals surface area contributed by atoms with Gasteiger partial charge in [-0.05, 0) is 42.4 Å². The third kappa shape index (κ3) is 5.58. The highest BCUT2D eigenvalue weighted by molar-refractivity contribution is 7.99. The lowest BCUT2D eigenvalue weighted by atomic mass is 10.1. The van der Waals surface area contributed by atoms with Crippen molar-refractivity contribution in [1.82, 2.24) is 0 Å². The van der Waals surface area contributed by atoms with Crippen molar-refractivity contribution in [3.63, 3.8) is 0 Å². The Kier molecular flexibility index (Phi) is 6.88. The van der Waals surface area contributed by atoms with Crippen molar-refractivity contribution >= 4 is 17.5 Å². The molecule has 0 saturated heterocycles. The van der Waals surface area contributed by atoms with Gasteiger partial charge in [0.2, 0.25) is 0 Å². The molecule has 0 unspecified atom stereocenters. The number of ketones is 1. The molecule has 0 amide bonds. The zero-order valence-corrected chi connectivity index (χ0v) is 12.3. The molecule has 18 heavy (non-hydrogen) atoms. The summed E-state index contributed by atoms with van der Waals surface area (Å²) in [5.41, 5.74) is 0.773. The standard InChI is InChI=1S/C15H22O2S/c1-4-9-17-14-7-5-13(6-8-14)15(16)11-18-10-12(2)3/h5-8,12H,4,9-11H2,1-3H3. The Hall–Kier alpha value is -0.960. The fourth-order valence-electron chi connectivity index (χ4n) is 1.43. The number of benzene rings is 1. The van der Waals surface area contributed by atoms with Crippen molar-refractivity contribution < 1.29 is 9.53 Å². The van der Waals surface area contributed by atoms with Gasteiger partial charge in [-0.3, -0.25) is 4.79 Å². The molecule has 0 saturated carbocycles. The average molecular weight is 266 g/mol. The van der Waals surface area contributed by atoms with E-state index in [2.05, 4.69) is 20.8 Å². The molecule has 0 atom stereocenters. The fourth-order valence-corrected chi connectivity index (χ4v) is 2.37. The van der Waals surface area contributed by atoms with Gasteiger partial charge in [0.25, 0.3) is 0 Å². The van der Waals surface area contributed by atoms with Crippen LogP contribution < -0.4 is 4.74 Å². The van der Waals surface area contributed by atoms with Crippen LogP contribution in [0.2, 0.25) is 0 Å². The Bertz CT molecular complexity index is 357. The molecule has 1 aromatic rings. The molecule has 0 aliphatic heterocycles. The predicted octanol–water partition coefficient (Wildman–Crippen LogP) is 4.05. The quantitative estimate of drug-likeness (QED) is 0.664. The number of hydrogen-bond acceptors (Lipinski definition) is 3. The number of carbonyl (C=O) groups excluding carboxylic acids is 1. The molecule has 0 fully saturated rings. The SMILES string of the molecule is CCCOc1ccc(C(=O)CSCC(C)C)cc1. The summed E-state index contributed by atoms with van der Waals surface area (Å²) in [4.78, 5) is 11.9. The average Bonchev–Trinajstić information content (AvgIpc) is 2.36. The van der Waals surface area contributed by atoms with Gasteiger partial charge in [-0.15, -0.1) is 0 Å². The van der Waals surface area contributed by atoms with E-state index in [0.29, 0.717) is 11.7 Å². The lowest BCUT2D eigenvalue weighted by Crippen LogP contribution is -2.04. The van der Waals surface area contributed by atoms with Gasteiger partial charge in [0.15, 0.2) is 5.78 Å². The van der Waals surface area contributed by atoms with E-state index in [1.165, 1.54) is 0 Å². The van der Waals surface area contributed by atoms with E-state index >= 15 is 0 Å². The molecule has 1 rings (SSSR count). The summed E-state index contributed by atoms with van der Waals surface area (Å²) >= 11 is 1.70. The van der Waals surface area contributed by atoms with Gasteiger partial charge in [0, 0.05) is 5.56 Å². The van der Waals surface area contributed by atoms with Gasteiger partial charge in [-0.25, -0.2) is 0 Å². The van der Waals surface area contributed by atoms with Crippen LogP contribution >= 0.6 is 11.8 Å². The predicted molar refractivity (Wildman–Crippen MR) is 78.7 cm³/mol. The van der Waals surface area contributed by atoms with E-state index < -0.39 is 0 Å². The fraction of sp³-hybridized carbons (Fsp3) is 0.533. The number of rotatable bonds is 8. The molecular weight excluding hydrogens is 244 g/mol. The molecule has 1 aromatic carbocycles. The van der Waals surface area contributed by atoms with Gasteiger partial charge in [0.1, 0.15) is 5.75 Å². The minimum absolute atomic E-state index is 0.197. The van der Waals surface area contributed by atoms with Crippen LogP contribution in [0, 0.1) is 5.92 Å². The van der Waals surface area contributed by atoms with Crippen LogP contribution in [-0.2, 0) is 0 Å². The van der Waals surface area contributed by atoms with Crippen LogP contribution in [0.5, 0.6) is 5.75 Å². The molecule has 0 spiro atoms. The van der Waals surface area contributed by atoms with Crippen molar-refractivity contribution in [2.75, 3.05) is 18.1 Å². The van der Waals surface area contributed by atoms with Crippen molar-refractivity contribution in [1.29, 1.82) is 0 Å². The van der Waals surface area contributed by atoms with E-state index in [0.717, 1.165) is 30.1 Å². The Balaban J connectivity index is 2.43. The summed E-state index contributed by atoms with van der Waals surface area (Å²) in [6.45, 7) is 7.12. The van der Waals surface area contributed by atoms with Crippen LogP contribution in [0.15, 0.2) is 24.3 Å². The van der Waals surface area contributed by atoms with Crippen molar-refractivity contribution in [2.45, 2.75) is 27.2 Å². The minimum atomic E-state index is 0.197. The molecular formula is C15H22O2S. The van der Waals surface area contributed by atoms with E-state index in [4.69, 9.17) is 4.74 Å². The number of thioether (sulfide) groups is 1. The lowest BCUT2D eigenvalue weighted by Gasteiger charge is -2.06. The Morgan fingerprint density at radius 3 is 2.50 bits per heavy atom. The van der Waals surface area contributed by atoms with Gasteiger partial charge in [-0.1, -0.05) is 20.8 Å². The second kappa shape index (κ2) is 8.20. The third-order valence-corrected chi connectivity index (χ3v) is 3.70. The first-order chi connectivity index (χ1) is 8.63. The maximum Gasteiger partial charge on any atom is 0.172 e. The van der Waals surface area contributed by atoms with E-state index in [1.807, 2.05) is 24.3 Å². The highest BCUT2D eigenvalue weighted by Gasteiger charge is 2.06. The van der Waals surface area contributed by atoms with Gasteiger partial charge in [0.05, 0.1) is 12.4 Å². The summed E-state index contributed by atoms with van der Waals surface area (Å²) in [5.74, 6) is 3.26. The topological polar surface area (TPSA) is 26.3 Å². The Morgan fingerprint density at radius 1 is 1.28 bits per heavy atom. The van der Waals surface area contributed by atoms with Crippen LogP contribution in [0.3, 0.4) is 0 Å². The number of hydrogen-bond donors (Lipinski definition) is 0. The van der Waals surface area contributed by atoms with Crippen molar-refractivity contribution in [3.05, 3.63) is 29.8 Å². The normalized spacial score (nSPS) is 10.7. The van der Waals surface area contributed by atoms with Crippen LogP contribution in [-0.4, -0.2) is 23.9 Å². The molecule has 2 nitrogen and oxygen atoms in total. The van der Waals surface area contributed by atoms with Gasteiger partial charge < -0.3 is 4.74 Å². The zero-order chi connectivity index (χ0) is 13.4. The van der Waals surface area contributed by atoms with Crippen LogP contribution in [0.4, 0.5) is 0 Å². The largest absolute Gasteiger partial charge is 0.494 e. The van der Waals surface area contributed by atoms with E-state index in [1.54, 1.807) is 11.8 Å². The summed E-state index contributed by atoms with van der Waals surface area (Å²) in [7, 11) is 0. The molecule has 100 valence electrons. The summed E-state index contributed by atoms with van der Waals surface area (Å²) in [6, 6.07) is 7.44. The van der Waals surface area contributed by atoms with Gasteiger partial charge in [-0.2, -0.15) is 11.8 Å². The first-order valence-corrected chi connectivity index (χ1v) is 7.62. The minimum Gasteiger partial charge on any atom is -0.494 e. The molecule has 0 N–H and O–H groups in total. The van der Waals surface area contributed by atoms with E-state index in [-0.39, 0.29) is 5.78 Å². The highest BCUT2D eigenvalue weighted by Crippen LogP contribution is 2.15. The second-order valence-electron chi connectivity index (χ2n) is 4.70. The van der Waals surface area contributed by atoms with Gasteiger partial charge >= 0.3 is 0 Å². The summed E-state index contributed by atoms with van der Waals surface area (Å²) < 4.78 is 5.49.